The fourth-order valence-corrected chi connectivity index (χ4v) is 3.26. The molecule has 3 rings (SSSR count). The molecule has 132 valence electrons. The summed E-state index contributed by atoms with van der Waals surface area (Å²) in [5.41, 5.74) is 0.912. The second kappa shape index (κ2) is 7.00. The van der Waals surface area contributed by atoms with Crippen LogP contribution in [0.2, 0.25) is 0 Å². The summed E-state index contributed by atoms with van der Waals surface area (Å²) in [6, 6.07) is 4.44. The average Bonchev–Trinajstić information content (AvgIpc) is 3.15. The molecule has 1 atom stereocenters. The zero-order chi connectivity index (χ0) is 18.0. The minimum absolute atomic E-state index is 0.00613. The fraction of sp³-hybridized carbons (Fsp3) is 0.471. The maximum absolute atomic E-state index is 13.0. The molecule has 1 aromatic carbocycles. The number of likely N-dealkylation sites (tertiary alicyclic amines) is 1. The number of nitrogens with zero attached hydrogens (tertiary/aromatic N) is 4. The number of hydrogen-bond acceptors (Lipinski definition) is 6. The molecule has 2 aromatic rings. The lowest BCUT2D eigenvalue weighted by atomic mass is 9.97. The zero-order valence-corrected chi connectivity index (χ0v) is 14.2. The molecular formula is C17H20N4O4. The minimum Gasteiger partial charge on any atom is -0.343 e. The topological polar surface area (TPSA) is 102 Å². The van der Waals surface area contributed by atoms with Gasteiger partial charge in [0.1, 0.15) is 0 Å². The second-order valence-electron chi connectivity index (χ2n) is 6.48. The van der Waals surface area contributed by atoms with Crippen molar-refractivity contribution in [1.29, 1.82) is 0 Å². The van der Waals surface area contributed by atoms with Gasteiger partial charge in [-0.1, -0.05) is 25.1 Å². The van der Waals surface area contributed by atoms with Gasteiger partial charge in [0.2, 0.25) is 6.39 Å². The molecule has 1 fully saturated rings. The number of carbonyl (C=O) groups excluding carboxylic acids is 1. The Bertz CT molecular complexity index is 773. The molecular weight excluding hydrogens is 324 g/mol. The van der Waals surface area contributed by atoms with E-state index in [4.69, 9.17) is 4.52 Å². The van der Waals surface area contributed by atoms with Crippen LogP contribution in [0.4, 0.5) is 5.69 Å². The lowest BCUT2D eigenvalue weighted by Gasteiger charge is -2.33. The molecule has 1 unspecified atom stereocenters. The molecule has 0 bridgehead atoms. The standard InChI is InChI=1S/C17H20N4O4/c1-11(2)13-7-6-12(9-15(13)21(23)24)17(22)20-8-4-3-5-14(20)16-18-10-25-19-16/h6-7,9-11,14H,3-5,8H2,1-2H3. The highest BCUT2D eigenvalue weighted by molar-refractivity contribution is 5.95. The van der Waals surface area contributed by atoms with Gasteiger partial charge in [-0.2, -0.15) is 4.98 Å². The molecule has 1 aromatic heterocycles. The molecule has 8 heteroatoms. The lowest BCUT2D eigenvalue weighted by molar-refractivity contribution is -0.385. The normalized spacial score (nSPS) is 17.7. The molecule has 0 saturated carbocycles. The van der Waals surface area contributed by atoms with Crippen molar-refractivity contribution in [2.75, 3.05) is 6.54 Å². The van der Waals surface area contributed by atoms with E-state index in [9.17, 15) is 14.9 Å². The molecule has 0 aliphatic carbocycles. The monoisotopic (exact) mass is 344 g/mol. The third-order valence-electron chi connectivity index (χ3n) is 4.54. The van der Waals surface area contributed by atoms with Gasteiger partial charge in [-0.3, -0.25) is 14.9 Å². The molecule has 0 N–H and O–H groups in total. The Morgan fingerprint density at radius 1 is 1.40 bits per heavy atom. The van der Waals surface area contributed by atoms with Gasteiger partial charge >= 0.3 is 0 Å². The summed E-state index contributed by atoms with van der Waals surface area (Å²) in [6.45, 7) is 4.35. The summed E-state index contributed by atoms with van der Waals surface area (Å²) in [5, 5.41) is 15.2. The van der Waals surface area contributed by atoms with Crippen molar-refractivity contribution in [2.24, 2.45) is 0 Å². The predicted octanol–water partition coefficient (Wildman–Crippen LogP) is 3.47. The Labute approximate surface area is 145 Å². The van der Waals surface area contributed by atoms with E-state index in [0.717, 1.165) is 19.3 Å². The molecule has 1 saturated heterocycles. The first-order valence-corrected chi connectivity index (χ1v) is 8.34. The highest BCUT2D eigenvalue weighted by atomic mass is 16.6. The van der Waals surface area contributed by atoms with Crippen LogP contribution in [0, 0.1) is 10.1 Å². The van der Waals surface area contributed by atoms with Gasteiger partial charge < -0.3 is 9.42 Å². The number of rotatable bonds is 4. The molecule has 25 heavy (non-hydrogen) atoms. The quantitative estimate of drug-likeness (QED) is 0.621. The number of nitro groups is 1. The molecule has 1 aliphatic heterocycles. The van der Waals surface area contributed by atoms with Crippen LogP contribution in [0.15, 0.2) is 29.1 Å². The number of benzene rings is 1. The number of nitro benzene ring substituents is 1. The maximum atomic E-state index is 13.0. The third-order valence-corrected chi connectivity index (χ3v) is 4.54. The van der Waals surface area contributed by atoms with E-state index in [0.29, 0.717) is 23.5 Å². The SMILES string of the molecule is CC(C)c1ccc(C(=O)N2CCCCC2c2ncon2)cc1[N+](=O)[O-]. The van der Waals surface area contributed by atoms with Crippen molar-refractivity contribution in [3.8, 4) is 0 Å². The summed E-state index contributed by atoms with van der Waals surface area (Å²) in [7, 11) is 0. The zero-order valence-electron chi connectivity index (χ0n) is 14.2. The molecule has 2 heterocycles. The number of amides is 1. The Morgan fingerprint density at radius 2 is 2.20 bits per heavy atom. The van der Waals surface area contributed by atoms with Gasteiger partial charge in [0, 0.05) is 23.7 Å². The molecule has 1 aliphatic rings. The van der Waals surface area contributed by atoms with E-state index >= 15 is 0 Å². The van der Waals surface area contributed by atoms with E-state index < -0.39 is 4.92 Å². The summed E-state index contributed by atoms with van der Waals surface area (Å²) < 4.78 is 4.81. The lowest BCUT2D eigenvalue weighted by Crippen LogP contribution is -2.39. The van der Waals surface area contributed by atoms with Crippen molar-refractivity contribution >= 4 is 11.6 Å². The maximum Gasteiger partial charge on any atom is 0.273 e. The van der Waals surface area contributed by atoms with Crippen LogP contribution in [0.3, 0.4) is 0 Å². The van der Waals surface area contributed by atoms with Crippen LogP contribution in [0.1, 0.15) is 66.8 Å². The van der Waals surface area contributed by atoms with Gasteiger partial charge in [0.05, 0.1) is 11.0 Å². The van der Waals surface area contributed by atoms with Crippen LogP contribution in [0.5, 0.6) is 0 Å². The fourth-order valence-electron chi connectivity index (χ4n) is 3.26. The average molecular weight is 344 g/mol. The van der Waals surface area contributed by atoms with Crippen molar-refractivity contribution in [3.05, 3.63) is 51.7 Å². The summed E-state index contributed by atoms with van der Waals surface area (Å²) in [6.07, 6.45) is 3.84. The molecule has 8 nitrogen and oxygen atoms in total. The number of hydrogen-bond donors (Lipinski definition) is 0. The number of piperidine rings is 1. The molecule has 0 radical (unpaired) electrons. The first-order valence-electron chi connectivity index (χ1n) is 8.34. The highest BCUT2D eigenvalue weighted by Gasteiger charge is 2.32. The summed E-state index contributed by atoms with van der Waals surface area (Å²) in [5.74, 6) is 0.237. The van der Waals surface area contributed by atoms with Crippen LogP contribution in [-0.4, -0.2) is 32.4 Å². The summed E-state index contributed by atoms with van der Waals surface area (Å²) in [4.78, 5) is 29.7. The largest absolute Gasteiger partial charge is 0.343 e. The van der Waals surface area contributed by atoms with Crippen LogP contribution >= 0.6 is 0 Å². The van der Waals surface area contributed by atoms with E-state index in [-0.39, 0.29) is 23.6 Å². The van der Waals surface area contributed by atoms with E-state index in [1.54, 1.807) is 17.0 Å². The first-order chi connectivity index (χ1) is 12.0. The Kier molecular flexibility index (Phi) is 4.78. The van der Waals surface area contributed by atoms with Gasteiger partial charge in [-0.15, -0.1) is 0 Å². The van der Waals surface area contributed by atoms with Gasteiger partial charge in [-0.25, -0.2) is 0 Å². The van der Waals surface area contributed by atoms with E-state index in [1.807, 2.05) is 13.8 Å². The minimum atomic E-state index is -0.432. The van der Waals surface area contributed by atoms with Gasteiger partial charge in [0.15, 0.2) is 5.82 Å². The van der Waals surface area contributed by atoms with Crippen molar-refractivity contribution in [3.63, 3.8) is 0 Å². The van der Waals surface area contributed by atoms with Crippen LogP contribution < -0.4 is 0 Å². The Morgan fingerprint density at radius 3 is 2.84 bits per heavy atom. The van der Waals surface area contributed by atoms with E-state index in [1.165, 1.54) is 12.5 Å². The summed E-state index contributed by atoms with van der Waals surface area (Å²) >= 11 is 0. The van der Waals surface area contributed by atoms with Gasteiger partial charge in [0.25, 0.3) is 11.6 Å². The van der Waals surface area contributed by atoms with Crippen molar-refractivity contribution in [1.82, 2.24) is 15.0 Å². The molecule has 0 spiro atoms. The highest BCUT2D eigenvalue weighted by Crippen LogP contribution is 2.32. The predicted molar refractivity (Wildman–Crippen MR) is 89.1 cm³/mol. The third kappa shape index (κ3) is 3.38. The molecule has 1 amide bonds. The van der Waals surface area contributed by atoms with Crippen molar-refractivity contribution < 1.29 is 14.2 Å². The smallest absolute Gasteiger partial charge is 0.273 e. The second-order valence-corrected chi connectivity index (χ2v) is 6.48. The number of carbonyl (C=O) groups is 1. The van der Waals surface area contributed by atoms with Crippen LogP contribution in [-0.2, 0) is 0 Å². The number of aromatic nitrogens is 2. The Balaban J connectivity index is 1.93. The first kappa shape index (κ1) is 17.1. The Hall–Kier alpha value is -2.77. The van der Waals surface area contributed by atoms with Crippen LogP contribution in [0.25, 0.3) is 0 Å². The van der Waals surface area contributed by atoms with E-state index in [2.05, 4.69) is 10.1 Å². The van der Waals surface area contributed by atoms with Crippen molar-refractivity contribution in [2.45, 2.75) is 45.1 Å². The van der Waals surface area contributed by atoms with Gasteiger partial charge in [-0.05, 0) is 31.2 Å².